The number of hydrogen-bond acceptors (Lipinski definition) is 31. The topological polar surface area (TPSA) is 541 Å². The van der Waals surface area contributed by atoms with Gasteiger partial charge in [-0.2, -0.15) is 0 Å². The van der Waals surface area contributed by atoms with Gasteiger partial charge in [-0.3, -0.25) is 9.59 Å². The lowest BCUT2D eigenvalue weighted by Gasteiger charge is -2.51. The maximum absolute atomic E-state index is 13.0. The smallest absolute Gasteiger partial charge is 0.364 e. The third-order valence-electron chi connectivity index (χ3n) is 14.1. The molecule has 77 heavy (non-hydrogen) atoms. The molecule has 446 valence electrons. The van der Waals surface area contributed by atoms with Crippen LogP contribution in [0.15, 0.2) is 0 Å². The van der Waals surface area contributed by atoms with E-state index >= 15 is 0 Å². The zero-order valence-corrected chi connectivity index (χ0v) is 41.6. The van der Waals surface area contributed by atoms with Gasteiger partial charge in [0.25, 0.3) is 5.79 Å². The molecule has 20 N–H and O–H groups in total. The highest BCUT2D eigenvalue weighted by Crippen LogP contribution is 2.39. The average molecular weight is 1130 g/mol. The molecular formula is C43H72N2O32. The third kappa shape index (κ3) is 13.6. The number of amides is 2. The van der Waals surface area contributed by atoms with Crippen LogP contribution in [0.2, 0.25) is 0 Å². The first kappa shape index (κ1) is 63.5. The van der Waals surface area contributed by atoms with E-state index in [1.165, 1.54) is 13.8 Å². The Morgan fingerprint density at radius 1 is 0.545 bits per heavy atom. The Labute approximate surface area is 436 Å². The van der Waals surface area contributed by atoms with Crippen LogP contribution in [0.25, 0.3) is 0 Å². The van der Waals surface area contributed by atoms with Crippen molar-refractivity contribution in [3.63, 3.8) is 0 Å². The molecule has 6 heterocycles. The summed E-state index contributed by atoms with van der Waals surface area (Å²) in [6.07, 6.45) is -56.6. The van der Waals surface area contributed by atoms with Gasteiger partial charge < -0.3 is 155 Å². The SMILES string of the molecule is CC(=O)N[C@@H]1[C@@H](O[C@@H]2O[C@H](CO)[C@H](O)[C@H](O[C@@H]3O[C@H](CO)[C@H](O)[C@H](O)[C@H]3O[C@@H]3O[C@@H](C)[C@@H](O)[C@@H](O)[C@@H]3O)[C@H]2O[C@@H]2O[C@@H](C)[C@@H](O)[C@@H](O)[C@H]2O)[C@@H](O)[C@@H](CO[C@]2(C(=O)O)C[C@H](O)[C@@H](NC(C)=O)[C@H]([C@H](O)[C@H](O)CO)O2)O[C@@H]1O. The molecule has 0 aromatic heterocycles. The van der Waals surface area contributed by atoms with Crippen LogP contribution < -0.4 is 10.6 Å². The first-order valence-corrected chi connectivity index (χ1v) is 24.5. The molecular weight excluding hydrogens is 1060 g/mol. The average Bonchev–Trinajstić information content (AvgIpc) is 3.40. The number of hydrogen-bond donors (Lipinski definition) is 20. The summed E-state index contributed by atoms with van der Waals surface area (Å²) >= 11 is 0. The van der Waals surface area contributed by atoms with Crippen molar-refractivity contribution in [3.8, 4) is 0 Å². The molecule has 0 radical (unpaired) electrons. The molecule has 6 aliphatic heterocycles. The van der Waals surface area contributed by atoms with Gasteiger partial charge in [-0.25, -0.2) is 4.79 Å². The fourth-order valence-electron chi connectivity index (χ4n) is 9.75. The normalized spacial score (nSPS) is 48.6. The number of carbonyl (C=O) groups is 3. The van der Waals surface area contributed by atoms with Crippen molar-refractivity contribution >= 4 is 17.8 Å². The van der Waals surface area contributed by atoms with Crippen molar-refractivity contribution in [1.29, 1.82) is 0 Å². The van der Waals surface area contributed by atoms with Crippen LogP contribution in [-0.2, 0) is 66.5 Å². The second kappa shape index (κ2) is 26.5. The highest BCUT2D eigenvalue weighted by Gasteiger charge is 2.60. The van der Waals surface area contributed by atoms with Crippen molar-refractivity contribution in [2.45, 2.75) is 224 Å². The second-order valence-corrected chi connectivity index (χ2v) is 19.7. The summed E-state index contributed by atoms with van der Waals surface area (Å²) in [6, 6.07) is -3.50. The van der Waals surface area contributed by atoms with E-state index in [0.717, 1.165) is 13.8 Å². The summed E-state index contributed by atoms with van der Waals surface area (Å²) in [6.45, 7) is 0.0707. The Morgan fingerprint density at radius 3 is 1.52 bits per heavy atom. The zero-order chi connectivity index (χ0) is 57.3. The maximum atomic E-state index is 13.0. The number of carboxylic acid groups (broad SMARTS) is 1. The predicted molar refractivity (Wildman–Crippen MR) is 237 cm³/mol. The molecule has 2 amide bonds. The summed E-state index contributed by atoms with van der Waals surface area (Å²) in [4.78, 5) is 37.6. The molecule has 0 aromatic carbocycles. The molecule has 6 rings (SSSR count). The molecule has 0 saturated carbocycles. The number of carbonyl (C=O) groups excluding carboxylic acids is 2. The van der Waals surface area contributed by atoms with Crippen LogP contribution >= 0.6 is 0 Å². The van der Waals surface area contributed by atoms with Gasteiger partial charge in [-0.05, 0) is 13.8 Å². The minimum absolute atomic E-state index is 0.802. The van der Waals surface area contributed by atoms with Gasteiger partial charge in [-0.15, -0.1) is 0 Å². The number of aliphatic hydroxyl groups excluding tert-OH is 17. The lowest BCUT2D eigenvalue weighted by atomic mass is 9.88. The zero-order valence-electron chi connectivity index (χ0n) is 41.6. The minimum atomic E-state index is -3.04. The van der Waals surface area contributed by atoms with Gasteiger partial charge in [0.1, 0.15) is 128 Å². The Balaban J connectivity index is 1.37. The van der Waals surface area contributed by atoms with Crippen molar-refractivity contribution < 1.29 is 158 Å². The van der Waals surface area contributed by atoms with E-state index in [-0.39, 0.29) is 0 Å². The van der Waals surface area contributed by atoms with E-state index in [9.17, 15) is 106 Å². The first-order chi connectivity index (χ1) is 36.1. The number of ether oxygens (including phenoxy) is 11. The van der Waals surface area contributed by atoms with Crippen LogP contribution in [-0.4, -0.2) is 326 Å². The molecule has 0 unspecified atom stereocenters. The molecule has 0 aromatic rings. The summed E-state index contributed by atoms with van der Waals surface area (Å²) in [5.74, 6) is -6.74. The van der Waals surface area contributed by atoms with Crippen molar-refractivity contribution in [2.24, 2.45) is 0 Å². The van der Waals surface area contributed by atoms with Gasteiger partial charge in [0, 0.05) is 20.3 Å². The number of carboxylic acids is 1. The van der Waals surface area contributed by atoms with E-state index in [1.54, 1.807) is 0 Å². The molecule has 34 nitrogen and oxygen atoms in total. The molecule has 0 aliphatic carbocycles. The monoisotopic (exact) mass is 1130 g/mol. The molecule has 6 fully saturated rings. The fourth-order valence-corrected chi connectivity index (χ4v) is 9.75. The van der Waals surface area contributed by atoms with E-state index in [1.807, 2.05) is 0 Å². The Kier molecular flexibility index (Phi) is 21.8. The molecule has 34 heteroatoms. The summed E-state index contributed by atoms with van der Waals surface area (Å²) < 4.78 is 64.0. The van der Waals surface area contributed by atoms with Crippen LogP contribution in [0.4, 0.5) is 0 Å². The Hall–Kier alpha value is -2.71. The Bertz CT molecular complexity index is 1930. The maximum Gasteiger partial charge on any atom is 0.364 e. The van der Waals surface area contributed by atoms with Crippen LogP contribution in [0, 0.1) is 0 Å². The van der Waals surface area contributed by atoms with Gasteiger partial charge in [0.15, 0.2) is 31.5 Å². The van der Waals surface area contributed by atoms with Crippen molar-refractivity contribution in [3.05, 3.63) is 0 Å². The molecule has 0 bridgehead atoms. The first-order valence-electron chi connectivity index (χ1n) is 24.5. The summed E-state index contributed by atoms with van der Waals surface area (Å²) in [5, 5.41) is 199. The van der Waals surface area contributed by atoms with Crippen molar-refractivity contribution in [1.82, 2.24) is 10.6 Å². The lowest BCUT2D eigenvalue weighted by Crippen LogP contribution is -2.70. The highest BCUT2D eigenvalue weighted by molar-refractivity contribution is 5.76. The van der Waals surface area contributed by atoms with Gasteiger partial charge in [0.05, 0.1) is 50.8 Å². The minimum Gasteiger partial charge on any atom is -0.477 e. The molecule has 31 atom stereocenters. The molecule has 0 spiro atoms. The number of rotatable bonds is 19. The molecule has 6 aliphatic rings. The summed E-state index contributed by atoms with van der Waals surface area (Å²) in [7, 11) is 0. The molecule has 6 saturated heterocycles. The van der Waals surface area contributed by atoms with Crippen LogP contribution in [0.3, 0.4) is 0 Å². The predicted octanol–water partition coefficient (Wildman–Crippen LogP) is -12.6. The van der Waals surface area contributed by atoms with Crippen molar-refractivity contribution in [2.75, 3.05) is 26.4 Å². The number of aliphatic carboxylic acids is 1. The lowest BCUT2D eigenvalue weighted by molar-refractivity contribution is -0.410. The van der Waals surface area contributed by atoms with E-state index in [4.69, 9.17) is 52.1 Å². The van der Waals surface area contributed by atoms with Crippen LogP contribution in [0.1, 0.15) is 34.1 Å². The van der Waals surface area contributed by atoms with Gasteiger partial charge in [0.2, 0.25) is 11.8 Å². The second-order valence-electron chi connectivity index (χ2n) is 19.7. The fraction of sp³-hybridized carbons (Fsp3) is 0.930. The van der Waals surface area contributed by atoms with Gasteiger partial charge in [-0.1, -0.05) is 0 Å². The van der Waals surface area contributed by atoms with Crippen LogP contribution in [0.5, 0.6) is 0 Å². The van der Waals surface area contributed by atoms with Gasteiger partial charge >= 0.3 is 5.97 Å². The highest BCUT2D eigenvalue weighted by atomic mass is 16.8. The largest absolute Gasteiger partial charge is 0.477 e. The standard InChI is InChI=1S/C43H72N2O32/c1-10-21(53)27(59)30(62)38(68-10)75-35-29(61)24(56)16(7-47)71-40(35)74-34-25(57)17(8-48)72-41(36(34)76-39-31(63)28(60)22(54)11(2)69-39)73-32-20(45-13(4)50)37(64)70-18(26(32)58)9-67-43(42(65)66)5-14(51)19(44-12(3)49)33(77-43)23(55)15(52)6-46/h10-11,14-41,46-48,51-64H,5-9H2,1-4H3,(H,44,49)(H,45,50)(H,65,66)/t10-,11-,14-,15+,16+,17+,18+,19+,20+,21+,22+,23+,24-,25-,26-,27+,28+,29-,30-,31+,32+,33+,34-,35+,36+,37-,38-,39-,40-,41-,43+/m0/s1. The van der Waals surface area contributed by atoms with E-state index < -0.39 is 240 Å². The number of nitrogens with one attached hydrogen (secondary N) is 2. The quantitative estimate of drug-likeness (QED) is 0.0571. The van der Waals surface area contributed by atoms with E-state index in [2.05, 4.69) is 10.6 Å². The third-order valence-corrected chi connectivity index (χ3v) is 14.1. The number of aliphatic hydroxyl groups is 17. The van der Waals surface area contributed by atoms with E-state index in [0.29, 0.717) is 0 Å². The summed E-state index contributed by atoms with van der Waals surface area (Å²) in [5.41, 5.74) is 0. The Morgan fingerprint density at radius 2 is 1.01 bits per heavy atom.